The molecule has 0 aliphatic heterocycles. The van der Waals surface area contributed by atoms with E-state index >= 15 is 0 Å². The number of benzene rings is 2. The maximum absolute atomic E-state index is 5.95. The molecule has 0 radical (unpaired) electrons. The lowest BCUT2D eigenvalue weighted by Gasteiger charge is -2.17. The van der Waals surface area contributed by atoms with E-state index in [0.717, 1.165) is 43.7 Å². The Balaban J connectivity index is 2.08. The van der Waals surface area contributed by atoms with Crippen molar-refractivity contribution in [3.63, 3.8) is 0 Å². The van der Waals surface area contributed by atoms with E-state index in [-0.39, 0.29) is 0 Å². The molecular weight excluding hydrogens is 282 g/mol. The van der Waals surface area contributed by atoms with Crippen LogP contribution in [-0.4, -0.2) is 6.61 Å². The predicted molar refractivity (Wildman–Crippen MR) is 99.2 cm³/mol. The van der Waals surface area contributed by atoms with Crippen LogP contribution in [0.3, 0.4) is 0 Å². The van der Waals surface area contributed by atoms with E-state index in [1.807, 2.05) is 6.07 Å². The largest absolute Gasteiger partial charge is 0.494 e. The lowest BCUT2D eigenvalue weighted by Crippen LogP contribution is -2.04. The van der Waals surface area contributed by atoms with Gasteiger partial charge in [-0.3, -0.25) is 0 Å². The van der Waals surface area contributed by atoms with Crippen molar-refractivity contribution in [2.45, 2.75) is 52.4 Å². The number of rotatable bonds is 8. The Morgan fingerprint density at radius 2 is 1.74 bits per heavy atom. The van der Waals surface area contributed by atoms with Gasteiger partial charge in [0.05, 0.1) is 6.61 Å². The van der Waals surface area contributed by atoms with Crippen LogP contribution in [0.15, 0.2) is 42.5 Å². The monoisotopic (exact) mass is 311 g/mol. The Labute approximate surface area is 140 Å². The average molecular weight is 311 g/mol. The first kappa shape index (κ1) is 17.4. The van der Waals surface area contributed by atoms with Crippen molar-refractivity contribution >= 4 is 5.69 Å². The summed E-state index contributed by atoms with van der Waals surface area (Å²) in [6.45, 7) is 7.41. The lowest BCUT2D eigenvalue weighted by molar-refractivity contribution is 0.317. The Morgan fingerprint density at radius 3 is 2.39 bits per heavy atom. The summed E-state index contributed by atoms with van der Waals surface area (Å²) in [6.07, 6.45) is 4.31. The van der Waals surface area contributed by atoms with Crippen molar-refractivity contribution in [2.24, 2.45) is 0 Å². The molecule has 0 bridgehead atoms. The number of hydrogen-bond donors (Lipinski definition) is 1. The molecule has 0 saturated heterocycles. The summed E-state index contributed by atoms with van der Waals surface area (Å²) in [7, 11) is 0. The molecule has 0 spiro atoms. The maximum atomic E-state index is 5.95. The first-order valence-corrected chi connectivity index (χ1v) is 8.74. The zero-order valence-electron chi connectivity index (χ0n) is 14.6. The summed E-state index contributed by atoms with van der Waals surface area (Å²) in [6, 6.07) is 14.9. The fourth-order valence-corrected chi connectivity index (χ4v) is 3.00. The Morgan fingerprint density at radius 1 is 1.00 bits per heavy atom. The molecule has 0 amide bonds. The Kier molecular flexibility index (Phi) is 6.52. The van der Waals surface area contributed by atoms with Gasteiger partial charge in [-0.05, 0) is 66.1 Å². The third-order valence-electron chi connectivity index (χ3n) is 4.16. The molecule has 0 fully saturated rings. The molecule has 2 aromatic carbocycles. The van der Waals surface area contributed by atoms with E-state index < -0.39 is 0 Å². The molecule has 23 heavy (non-hydrogen) atoms. The summed E-state index contributed by atoms with van der Waals surface area (Å²) in [4.78, 5) is 0. The number of ether oxygens (including phenoxy) is 1. The van der Waals surface area contributed by atoms with Crippen LogP contribution in [0.5, 0.6) is 5.75 Å². The molecule has 1 unspecified atom stereocenters. The third-order valence-corrected chi connectivity index (χ3v) is 4.16. The number of nitrogens with two attached hydrogens (primary N) is 1. The fourth-order valence-electron chi connectivity index (χ4n) is 3.00. The van der Waals surface area contributed by atoms with E-state index in [4.69, 9.17) is 10.5 Å². The van der Waals surface area contributed by atoms with Crippen molar-refractivity contribution in [2.75, 3.05) is 12.3 Å². The lowest BCUT2D eigenvalue weighted by atomic mass is 9.88. The van der Waals surface area contributed by atoms with Gasteiger partial charge >= 0.3 is 0 Å². The molecule has 2 N–H and O–H groups in total. The second-order valence-electron chi connectivity index (χ2n) is 6.31. The summed E-state index contributed by atoms with van der Waals surface area (Å²) >= 11 is 0. The number of aryl methyl sites for hydroxylation is 1. The second kappa shape index (κ2) is 8.61. The molecule has 0 aliphatic carbocycles. The highest BCUT2D eigenvalue weighted by atomic mass is 16.5. The number of anilines is 1. The van der Waals surface area contributed by atoms with Gasteiger partial charge in [-0.15, -0.1) is 0 Å². The van der Waals surface area contributed by atoms with Crippen LogP contribution in [0, 0.1) is 0 Å². The van der Waals surface area contributed by atoms with Crippen LogP contribution in [0.2, 0.25) is 0 Å². The maximum Gasteiger partial charge on any atom is 0.119 e. The van der Waals surface area contributed by atoms with Crippen LogP contribution >= 0.6 is 0 Å². The molecule has 0 aliphatic rings. The van der Waals surface area contributed by atoms with Gasteiger partial charge in [0.2, 0.25) is 0 Å². The fraction of sp³-hybridized carbons (Fsp3) is 0.429. The minimum atomic E-state index is 0.486. The van der Waals surface area contributed by atoms with Gasteiger partial charge in [0.25, 0.3) is 0 Å². The molecule has 2 rings (SSSR count). The van der Waals surface area contributed by atoms with Gasteiger partial charge in [0, 0.05) is 5.69 Å². The van der Waals surface area contributed by atoms with Crippen LogP contribution < -0.4 is 10.5 Å². The number of hydrogen-bond acceptors (Lipinski definition) is 2. The van der Waals surface area contributed by atoms with Crippen LogP contribution in [0.1, 0.15) is 56.2 Å². The zero-order chi connectivity index (χ0) is 16.7. The zero-order valence-corrected chi connectivity index (χ0v) is 14.6. The molecule has 2 nitrogen and oxygen atoms in total. The van der Waals surface area contributed by atoms with Crippen molar-refractivity contribution in [1.29, 1.82) is 0 Å². The van der Waals surface area contributed by atoms with Gasteiger partial charge in [-0.2, -0.15) is 0 Å². The van der Waals surface area contributed by atoms with Gasteiger partial charge in [-0.1, -0.05) is 45.4 Å². The Hall–Kier alpha value is -1.96. The van der Waals surface area contributed by atoms with Gasteiger partial charge in [0.1, 0.15) is 5.75 Å². The van der Waals surface area contributed by atoms with Crippen LogP contribution in [0.25, 0.3) is 0 Å². The molecule has 2 heteroatoms. The topological polar surface area (TPSA) is 35.2 Å². The standard InChI is InChI=1S/C21H29NO/c1-4-6-18-15-19(22)9-12-21(18)16(3)14-17-7-10-20(11-8-17)23-13-5-2/h7-12,15-16H,4-6,13-14,22H2,1-3H3. The normalized spacial score (nSPS) is 12.1. The van der Waals surface area contributed by atoms with Gasteiger partial charge < -0.3 is 10.5 Å². The van der Waals surface area contributed by atoms with E-state index in [0.29, 0.717) is 5.92 Å². The highest BCUT2D eigenvalue weighted by Crippen LogP contribution is 2.27. The van der Waals surface area contributed by atoms with Crippen molar-refractivity contribution in [1.82, 2.24) is 0 Å². The number of nitrogen functional groups attached to an aromatic ring is 1. The third kappa shape index (κ3) is 5.02. The molecule has 2 aromatic rings. The van der Waals surface area contributed by atoms with Crippen molar-refractivity contribution in [3.05, 3.63) is 59.2 Å². The van der Waals surface area contributed by atoms with E-state index in [9.17, 15) is 0 Å². The quantitative estimate of drug-likeness (QED) is 0.666. The SMILES string of the molecule is CCCOc1ccc(CC(C)c2ccc(N)cc2CCC)cc1. The predicted octanol–water partition coefficient (Wildman–Crippen LogP) is 5.36. The molecule has 124 valence electrons. The summed E-state index contributed by atoms with van der Waals surface area (Å²) in [5.41, 5.74) is 11.0. The molecular formula is C21H29NO. The Bertz CT molecular complexity index is 604. The second-order valence-corrected chi connectivity index (χ2v) is 6.31. The van der Waals surface area contributed by atoms with Crippen LogP contribution in [0.4, 0.5) is 5.69 Å². The van der Waals surface area contributed by atoms with E-state index in [1.165, 1.54) is 16.7 Å². The van der Waals surface area contributed by atoms with Gasteiger partial charge in [0.15, 0.2) is 0 Å². The molecule has 0 saturated carbocycles. The summed E-state index contributed by atoms with van der Waals surface area (Å²) < 4.78 is 5.65. The minimum Gasteiger partial charge on any atom is -0.494 e. The van der Waals surface area contributed by atoms with Crippen molar-refractivity contribution < 1.29 is 4.74 Å². The highest BCUT2D eigenvalue weighted by molar-refractivity contribution is 5.46. The highest BCUT2D eigenvalue weighted by Gasteiger charge is 2.11. The molecule has 1 atom stereocenters. The molecule has 0 heterocycles. The average Bonchev–Trinajstić information content (AvgIpc) is 2.54. The van der Waals surface area contributed by atoms with Gasteiger partial charge in [-0.25, -0.2) is 0 Å². The smallest absolute Gasteiger partial charge is 0.119 e. The van der Waals surface area contributed by atoms with E-state index in [2.05, 4.69) is 57.2 Å². The summed E-state index contributed by atoms with van der Waals surface area (Å²) in [5.74, 6) is 1.45. The van der Waals surface area contributed by atoms with E-state index in [1.54, 1.807) is 0 Å². The van der Waals surface area contributed by atoms with Crippen molar-refractivity contribution in [3.8, 4) is 5.75 Å². The molecule has 0 aromatic heterocycles. The minimum absolute atomic E-state index is 0.486. The van der Waals surface area contributed by atoms with Crippen LogP contribution in [-0.2, 0) is 12.8 Å². The first-order chi connectivity index (χ1) is 11.1. The summed E-state index contributed by atoms with van der Waals surface area (Å²) in [5, 5.41) is 0. The first-order valence-electron chi connectivity index (χ1n) is 8.74.